The number of hydrogen-bond acceptors (Lipinski definition) is 4. The molecule has 7 nitrogen and oxygen atoms in total. The van der Waals surface area contributed by atoms with Gasteiger partial charge in [0.1, 0.15) is 6.04 Å². The number of rotatable bonds is 14. The Morgan fingerprint density at radius 2 is 1.56 bits per heavy atom. The second-order valence-electron chi connectivity index (χ2n) is 10.8. The van der Waals surface area contributed by atoms with Crippen LogP contribution in [0.3, 0.4) is 0 Å². The number of sulfonamides is 1. The molecule has 3 aromatic rings. The molecule has 3 rings (SSSR count). The van der Waals surface area contributed by atoms with Gasteiger partial charge in [-0.15, -0.1) is 0 Å². The van der Waals surface area contributed by atoms with Crippen LogP contribution in [0.4, 0.5) is 5.69 Å². The minimum Gasteiger partial charge on any atom is -0.352 e. The number of amides is 2. The molecular formula is C33H43N3O4S. The monoisotopic (exact) mass is 577 g/mol. The van der Waals surface area contributed by atoms with E-state index in [2.05, 4.69) is 5.32 Å². The van der Waals surface area contributed by atoms with E-state index in [4.69, 9.17) is 0 Å². The van der Waals surface area contributed by atoms with E-state index in [9.17, 15) is 18.0 Å². The van der Waals surface area contributed by atoms with Crippen LogP contribution in [0, 0.1) is 13.8 Å². The number of hydrogen-bond donors (Lipinski definition) is 1. The van der Waals surface area contributed by atoms with Gasteiger partial charge in [-0.2, -0.15) is 0 Å². The van der Waals surface area contributed by atoms with E-state index < -0.39 is 16.1 Å². The minimum atomic E-state index is -3.55. The van der Waals surface area contributed by atoms with Gasteiger partial charge in [0, 0.05) is 32.0 Å². The van der Waals surface area contributed by atoms with Crippen molar-refractivity contribution in [2.45, 2.75) is 72.0 Å². The Hall–Kier alpha value is -3.65. The van der Waals surface area contributed by atoms with E-state index in [1.165, 1.54) is 10.6 Å². The maximum Gasteiger partial charge on any atom is 0.243 e. The molecule has 220 valence electrons. The molecule has 2 atom stereocenters. The first-order valence-corrected chi connectivity index (χ1v) is 16.1. The second-order valence-corrected chi connectivity index (χ2v) is 12.7. The Bertz CT molecular complexity index is 1410. The average Bonchev–Trinajstić information content (AvgIpc) is 2.93. The molecule has 3 aromatic carbocycles. The highest BCUT2D eigenvalue weighted by atomic mass is 32.2. The van der Waals surface area contributed by atoms with Crippen molar-refractivity contribution in [3.63, 3.8) is 0 Å². The van der Waals surface area contributed by atoms with Crippen molar-refractivity contribution in [3.8, 4) is 0 Å². The highest BCUT2D eigenvalue weighted by Gasteiger charge is 2.31. The van der Waals surface area contributed by atoms with Crippen LogP contribution in [0.1, 0.15) is 55.4 Å². The van der Waals surface area contributed by atoms with Crippen LogP contribution in [-0.4, -0.2) is 50.0 Å². The third-order valence-electron chi connectivity index (χ3n) is 7.24. The number of aryl methyl sites for hydroxylation is 2. The molecule has 8 heteroatoms. The maximum atomic E-state index is 13.9. The molecule has 0 heterocycles. The predicted molar refractivity (Wildman–Crippen MR) is 166 cm³/mol. The van der Waals surface area contributed by atoms with Gasteiger partial charge >= 0.3 is 0 Å². The van der Waals surface area contributed by atoms with Gasteiger partial charge in [-0.3, -0.25) is 13.9 Å². The molecule has 0 saturated carbocycles. The summed E-state index contributed by atoms with van der Waals surface area (Å²) in [6.45, 7) is 8.27. The van der Waals surface area contributed by atoms with Crippen molar-refractivity contribution >= 4 is 27.5 Å². The summed E-state index contributed by atoms with van der Waals surface area (Å²) in [5.41, 5.74) is 4.41. The first-order chi connectivity index (χ1) is 19.5. The summed E-state index contributed by atoms with van der Waals surface area (Å²) in [6, 6.07) is 24.2. The SMILES string of the molecule is CC[C@@H](C)NC(=O)[C@H](Cc1ccccc1)N(Cc1cccc(C)c1)C(=O)CCCN(c1ccccc1C)S(C)(=O)=O. The van der Waals surface area contributed by atoms with Gasteiger partial charge in [0.25, 0.3) is 0 Å². The molecule has 0 aliphatic rings. The van der Waals surface area contributed by atoms with Crippen molar-refractivity contribution in [2.24, 2.45) is 0 Å². The smallest absolute Gasteiger partial charge is 0.243 e. The maximum absolute atomic E-state index is 13.9. The molecule has 0 bridgehead atoms. The molecule has 2 amide bonds. The number of para-hydroxylation sites is 1. The number of benzene rings is 3. The zero-order valence-electron chi connectivity index (χ0n) is 24.8. The second kappa shape index (κ2) is 14.8. The summed E-state index contributed by atoms with van der Waals surface area (Å²) in [7, 11) is -3.55. The van der Waals surface area contributed by atoms with Gasteiger partial charge in [0.15, 0.2) is 0 Å². The Morgan fingerprint density at radius 1 is 0.902 bits per heavy atom. The van der Waals surface area contributed by atoms with Crippen molar-refractivity contribution in [2.75, 3.05) is 17.1 Å². The van der Waals surface area contributed by atoms with Crippen molar-refractivity contribution in [1.29, 1.82) is 0 Å². The topological polar surface area (TPSA) is 86.8 Å². The molecule has 0 aromatic heterocycles. The lowest BCUT2D eigenvalue weighted by Crippen LogP contribution is -2.52. The van der Waals surface area contributed by atoms with E-state index in [1.807, 2.05) is 94.4 Å². The molecular weight excluding hydrogens is 534 g/mol. The van der Waals surface area contributed by atoms with E-state index >= 15 is 0 Å². The molecule has 0 aliphatic carbocycles. The molecule has 0 unspecified atom stereocenters. The molecule has 0 fully saturated rings. The summed E-state index contributed by atoms with van der Waals surface area (Å²) in [4.78, 5) is 29.3. The first-order valence-electron chi connectivity index (χ1n) is 14.2. The lowest BCUT2D eigenvalue weighted by Gasteiger charge is -2.33. The normalized spacial score (nSPS) is 12.8. The van der Waals surface area contributed by atoms with Gasteiger partial charge in [0.05, 0.1) is 11.9 Å². The van der Waals surface area contributed by atoms with Crippen LogP contribution in [-0.2, 0) is 32.6 Å². The highest BCUT2D eigenvalue weighted by Crippen LogP contribution is 2.23. The van der Waals surface area contributed by atoms with Gasteiger partial charge in [0.2, 0.25) is 21.8 Å². The molecule has 0 spiro atoms. The van der Waals surface area contributed by atoms with Gasteiger partial charge in [-0.05, 0) is 56.4 Å². The quantitative estimate of drug-likeness (QED) is 0.278. The predicted octanol–water partition coefficient (Wildman–Crippen LogP) is 5.40. The Morgan fingerprint density at radius 3 is 2.20 bits per heavy atom. The van der Waals surface area contributed by atoms with Crippen LogP contribution in [0.15, 0.2) is 78.9 Å². The molecule has 0 saturated heterocycles. The van der Waals surface area contributed by atoms with Crippen LogP contribution in [0.2, 0.25) is 0 Å². The number of carbonyl (C=O) groups excluding carboxylic acids is 2. The Balaban J connectivity index is 1.90. The Labute approximate surface area is 245 Å². The number of nitrogens with one attached hydrogen (secondary N) is 1. The number of anilines is 1. The van der Waals surface area contributed by atoms with Gasteiger partial charge in [-0.1, -0.05) is 85.3 Å². The summed E-state index contributed by atoms with van der Waals surface area (Å²) < 4.78 is 26.7. The summed E-state index contributed by atoms with van der Waals surface area (Å²) in [6.07, 6.45) is 2.75. The van der Waals surface area contributed by atoms with Crippen LogP contribution in [0.25, 0.3) is 0 Å². The third-order valence-corrected chi connectivity index (χ3v) is 8.42. The summed E-state index contributed by atoms with van der Waals surface area (Å²) >= 11 is 0. The highest BCUT2D eigenvalue weighted by molar-refractivity contribution is 7.92. The summed E-state index contributed by atoms with van der Waals surface area (Å²) in [5.74, 6) is -0.383. The van der Waals surface area contributed by atoms with Crippen molar-refractivity contribution in [1.82, 2.24) is 10.2 Å². The fraction of sp³-hybridized carbons (Fsp3) is 0.394. The molecule has 41 heavy (non-hydrogen) atoms. The lowest BCUT2D eigenvalue weighted by atomic mass is 10.0. The van der Waals surface area contributed by atoms with E-state index in [-0.39, 0.29) is 37.4 Å². The fourth-order valence-electron chi connectivity index (χ4n) is 4.83. The lowest BCUT2D eigenvalue weighted by molar-refractivity contribution is -0.141. The van der Waals surface area contributed by atoms with E-state index in [1.54, 1.807) is 17.0 Å². The standard InChI is InChI=1S/C33H43N3O4S/c1-6-27(4)34-33(38)31(23-28-16-8-7-9-17-28)35(24-29-18-12-14-25(2)22-29)32(37)20-13-21-36(41(5,39)40)30-19-11-10-15-26(30)3/h7-12,14-19,22,27,31H,6,13,20-21,23-24H2,1-5H3,(H,34,38)/t27-,31+/m1/s1. The van der Waals surface area contributed by atoms with Gasteiger partial charge < -0.3 is 10.2 Å². The van der Waals surface area contributed by atoms with Crippen LogP contribution in [0.5, 0.6) is 0 Å². The van der Waals surface area contributed by atoms with Crippen LogP contribution < -0.4 is 9.62 Å². The number of nitrogens with zero attached hydrogens (tertiary/aromatic N) is 2. The summed E-state index contributed by atoms with van der Waals surface area (Å²) in [5, 5.41) is 3.08. The zero-order chi connectivity index (χ0) is 30.0. The van der Waals surface area contributed by atoms with Gasteiger partial charge in [-0.25, -0.2) is 8.42 Å². The van der Waals surface area contributed by atoms with E-state index in [0.29, 0.717) is 18.5 Å². The van der Waals surface area contributed by atoms with Crippen molar-refractivity contribution < 1.29 is 18.0 Å². The van der Waals surface area contributed by atoms with E-state index in [0.717, 1.165) is 28.7 Å². The zero-order valence-corrected chi connectivity index (χ0v) is 25.7. The van der Waals surface area contributed by atoms with Crippen LogP contribution >= 0.6 is 0 Å². The molecule has 1 N–H and O–H groups in total. The van der Waals surface area contributed by atoms with Crippen molar-refractivity contribution in [3.05, 3.63) is 101 Å². The minimum absolute atomic E-state index is 0.0332. The average molecular weight is 578 g/mol. The largest absolute Gasteiger partial charge is 0.352 e. The molecule has 0 aliphatic heterocycles. The Kier molecular flexibility index (Phi) is 11.5. The number of carbonyl (C=O) groups is 2. The molecule has 0 radical (unpaired) electrons. The third kappa shape index (κ3) is 9.46. The fourth-order valence-corrected chi connectivity index (χ4v) is 5.85. The first kappa shape index (κ1) is 31.9.